The van der Waals surface area contributed by atoms with E-state index < -0.39 is 0 Å². The molecular formula is C19H24N2O2. The number of benzene rings is 2. The summed E-state index contributed by atoms with van der Waals surface area (Å²) in [6.45, 7) is 1.00. The largest absolute Gasteiger partial charge is 0.492 e. The smallest absolute Gasteiger partial charge is 0.223 e. The van der Waals surface area contributed by atoms with E-state index in [0.717, 1.165) is 36.8 Å². The summed E-state index contributed by atoms with van der Waals surface area (Å²) in [6.07, 6.45) is 3.84. The van der Waals surface area contributed by atoms with Crippen molar-refractivity contribution in [1.29, 1.82) is 0 Å². The van der Waals surface area contributed by atoms with Crippen molar-refractivity contribution in [2.45, 2.75) is 31.7 Å². The van der Waals surface area contributed by atoms with Gasteiger partial charge in [-0.25, -0.2) is 0 Å². The lowest BCUT2D eigenvalue weighted by molar-refractivity contribution is -0.126. The topological polar surface area (TPSA) is 64.4 Å². The van der Waals surface area contributed by atoms with Gasteiger partial charge in [0.15, 0.2) is 0 Å². The lowest BCUT2D eigenvalue weighted by Gasteiger charge is -2.25. The third-order valence-electron chi connectivity index (χ3n) is 4.48. The second-order valence-corrected chi connectivity index (χ2v) is 6.27. The fraction of sp³-hybridized carbons (Fsp3) is 0.421. The Hall–Kier alpha value is -2.07. The molecule has 0 saturated heterocycles. The molecule has 0 radical (unpaired) electrons. The second kappa shape index (κ2) is 7.47. The van der Waals surface area contributed by atoms with Gasteiger partial charge in [-0.15, -0.1) is 0 Å². The van der Waals surface area contributed by atoms with Gasteiger partial charge < -0.3 is 15.8 Å². The van der Waals surface area contributed by atoms with Gasteiger partial charge in [0.05, 0.1) is 6.54 Å². The summed E-state index contributed by atoms with van der Waals surface area (Å²) in [5, 5.41) is 5.31. The molecule has 2 unspecified atom stereocenters. The first-order valence-corrected chi connectivity index (χ1v) is 8.37. The van der Waals surface area contributed by atoms with Gasteiger partial charge in [-0.2, -0.15) is 0 Å². The lowest BCUT2D eigenvalue weighted by Crippen LogP contribution is -2.39. The van der Waals surface area contributed by atoms with E-state index in [1.54, 1.807) is 0 Å². The van der Waals surface area contributed by atoms with Crippen molar-refractivity contribution >= 4 is 16.7 Å². The van der Waals surface area contributed by atoms with Gasteiger partial charge in [0.2, 0.25) is 5.91 Å². The molecule has 4 nitrogen and oxygen atoms in total. The number of rotatable bonds is 5. The first-order valence-electron chi connectivity index (χ1n) is 8.37. The number of hydrogen-bond acceptors (Lipinski definition) is 3. The van der Waals surface area contributed by atoms with Gasteiger partial charge in [0.1, 0.15) is 12.4 Å². The van der Waals surface area contributed by atoms with Crippen LogP contribution in [0.5, 0.6) is 5.75 Å². The predicted octanol–water partition coefficient (Wildman–Crippen LogP) is 2.85. The van der Waals surface area contributed by atoms with Crippen LogP contribution in [0, 0.1) is 5.92 Å². The zero-order chi connectivity index (χ0) is 16.1. The van der Waals surface area contributed by atoms with Gasteiger partial charge in [-0.05, 0) is 42.2 Å². The number of nitrogens with two attached hydrogens (primary N) is 1. The SMILES string of the molecule is NC1CCCC(C(=O)NCCOc2ccc3ccccc3c2)C1. The molecule has 2 aromatic rings. The summed E-state index contributed by atoms with van der Waals surface area (Å²) in [7, 11) is 0. The van der Waals surface area contributed by atoms with Crippen molar-refractivity contribution in [3.8, 4) is 5.75 Å². The normalized spacial score (nSPS) is 21.1. The maximum atomic E-state index is 12.1. The first-order chi connectivity index (χ1) is 11.2. The molecule has 122 valence electrons. The van der Waals surface area contributed by atoms with Crippen LogP contribution < -0.4 is 15.8 Å². The van der Waals surface area contributed by atoms with E-state index >= 15 is 0 Å². The monoisotopic (exact) mass is 312 g/mol. The van der Waals surface area contributed by atoms with Crippen molar-refractivity contribution in [3.05, 3.63) is 42.5 Å². The molecule has 0 aliphatic heterocycles. The highest BCUT2D eigenvalue weighted by atomic mass is 16.5. The Bertz CT molecular complexity index is 671. The van der Waals surface area contributed by atoms with Crippen LogP contribution >= 0.6 is 0 Å². The zero-order valence-corrected chi connectivity index (χ0v) is 13.3. The Morgan fingerprint density at radius 3 is 2.83 bits per heavy atom. The van der Waals surface area contributed by atoms with E-state index in [4.69, 9.17) is 10.5 Å². The van der Waals surface area contributed by atoms with Crippen LogP contribution in [0.2, 0.25) is 0 Å². The van der Waals surface area contributed by atoms with Crippen molar-refractivity contribution in [1.82, 2.24) is 5.32 Å². The summed E-state index contributed by atoms with van der Waals surface area (Å²) in [5.41, 5.74) is 5.93. The van der Waals surface area contributed by atoms with Crippen molar-refractivity contribution in [2.75, 3.05) is 13.2 Å². The van der Waals surface area contributed by atoms with Crippen LogP contribution in [-0.4, -0.2) is 25.1 Å². The molecule has 3 N–H and O–H groups in total. The predicted molar refractivity (Wildman–Crippen MR) is 92.4 cm³/mol. The fourth-order valence-corrected chi connectivity index (χ4v) is 3.21. The molecule has 23 heavy (non-hydrogen) atoms. The highest BCUT2D eigenvalue weighted by molar-refractivity contribution is 5.83. The van der Waals surface area contributed by atoms with Crippen LogP contribution in [-0.2, 0) is 4.79 Å². The van der Waals surface area contributed by atoms with Crippen LogP contribution in [0.4, 0.5) is 0 Å². The molecule has 0 heterocycles. The maximum absolute atomic E-state index is 12.1. The molecule has 1 aliphatic carbocycles. The molecule has 2 atom stereocenters. The first kappa shape index (κ1) is 15.8. The third kappa shape index (κ3) is 4.23. The summed E-state index contributed by atoms with van der Waals surface area (Å²) in [6, 6.07) is 14.4. The Morgan fingerprint density at radius 2 is 2.00 bits per heavy atom. The lowest BCUT2D eigenvalue weighted by atomic mass is 9.85. The van der Waals surface area contributed by atoms with Crippen molar-refractivity contribution in [3.63, 3.8) is 0 Å². The van der Waals surface area contributed by atoms with Crippen molar-refractivity contribution < 1.29 is 9.53 Å². The molecule has 0 spiro atoms. The second-order valence-electron chi connectivity index (χ2n) is 6.27. The van der Waals surface area contributed by atoms with E-state index in [1.165, 1.54) is 5.39 Å². The molecule has 4 heteroatoms. The highest BCUT2D eigenvalue weighted by Gasteiger charge is 2.24. The summed E-state index contributed by atoms with van der Waals surface area (Å²) in [5.74, 6) is 1.01. The fourth-order valence-electron chi connectivity index (χ4n) is 3.21. The standard InChI is InChI=1S/C19H24N2O2/c20-17-7-3-6-16(12-17)19(22)21-10-11-23-18-9-8-14-4-1-2-5-15(14)13-18/h1-2,4-5,8-9,13,16-17H,3,6-7,10-12,20H2,(H,21,22). The quantitative estimate of drug-likeness (QED) is 0.834. The molecule has 0 aromatic heterocycles. The Kier molecular flexibility index (Phi) is 5.13. The van der Waals surface area contributed by atoms with Crippen LogP contribution in [0.15, 0.2) is 42.5 Å². The number of nitrogens with one attached hydrogen (secondary N) is 1. The zero-order valence-electron chi connectivity index (χ0n) is 13.3. The molecule has 1 saturated carbocycles. The number of carbonyl (C=O) groups excluding carboxylic acids is 1. The van der Waals surface area contributed by atoms with Crippen LogP contribution in [0.25, 0.3) is 10.8 Å². The van der Waals surface area contributed by atoms with E-state index in [9.17, 15) is 4.79 Å². The minimum absolute atomic E-state index is 0.0689. The van der Waals surface area contributed by atoms with Gasteiger partial charge in [-0.1, -0.05) is 36.8 Å². The highest BCUT2D eigenvalue weighted by Crippen LogP contribution is 2.23. The number of amides is 1. The van der Waals surface area contributed by atoms with E-state index in [-0.39, 0.29) is 17.9 Å². The van der Waals surface area contributed by atoms with Crippen molar-refractivity contribution in [2.24, 2.45) is 11.7 Å². The summed E-state index contributed by atoms with van der Waals surface area (Å²) in [4.78, 5) is 12.1. The Morgan fingerprint density at radius 1 is 1.17 bits per heavy atom. The van der Waals surface area contributed by atoms with Gasteiger partial charge in [0, 0.05) is 12.0 Å². The van der Waals surface area contributed by atoms with E-state index in [2.05, 4.69) is 17.4 Å². The Labute approximate surface area is 137 Å². The Balaban J connectivity index is 1.44. The minimum Gasteiger partial charge on any atom is -0.492 e. The minimum atomic E-state index is 0.0689. The van der Waals surface area contributed by atoms with Gasteiger partial charge in [-0.3, -0.25) is 4.79 Å². The number of ether oxygens (including phenoxy) is 1. The molecule has 2 aromatic carbocycles. The molecule has 1 aliphatic rings. The molecule has 0 bridgehead atoms. The average Bonchev–Trinajstić information content (AvgIpc) is 2.58. The van der Waals surface area contributed by atoms with Gasteiger partial charge in [0.25, 0.3) is 0 Å². The maximum Gasteiger partial charge on any atom is 0.223 e. The van der Waals surface area contributed by atoms with Crippen LogP contribution in [0.1, 0.15) is 25.7 Å². The molecule has 1 fully saturated rings. The van der Waals surface area contributed by atoms with Crippen LogP contribution in [0.3, 0.4) is 0 Å². The van der Waals surface area contributed by atoms with E-state index in [1.807, 2.05) is 30.3 Å². The number of hydrogen-bond donors (Lipinski definition) is 2. The summed E-state index contributed by atoms with van der Waals surface area (Å²) < 4.78 is 5.73. The average molecular weight is 312 g/mol. The molecule has 3 rings (SSSR count). The number of fused-ring (bicyclic) bond motifs is 1. The molecular weight excluding hydrogens is 288 g/mol. The van der Waals surface area contributed by atoms with Gasteiger partial charge >= 0.3 is 0 Å². The van der Waals surface area contributed by atoms with E-state index in [0.29, 0.717) is 13.2 Å². The molecule has 1 amide bonds. The summed E-state index contributed by atoms with van der Waals surface area (Å²) >= 11 is 0. The third-order valence-corrected chi connectivity index (χ3v) is 4.48. The number of carbonyl (C=O) groups is 1.